The second kappa shape index (κ2) is 21.5. The van der Waals surface area contributed by atoms with Crippen LogP contribution in [0.15, 0.2) is 116 Å². The number of amides is 1. The number of nitrogens with one attached hydrogen (secondary N) is 1. The number of hydrogen-bond acceptors (Lipinski definition) is 7. The predicted octanol–water partition coefficient (Wildman–Crippen LogP) is 6.84. The Balaban J connectivity index is 1.65. The quantitative estimate of drug-likeness (QED) is 0.0926. The standard InChI is InChI=1S/C41H53NO7/c1-5-23-44-29-35(31(4)7-3)42-38(43)25-36-39(46-26-32-17-11-8-12-18-32)41(48-28-34-21-15-10-16-22-34)40(37(49-36)30-45-24-6-2)47-27-33-19-13-9-14-20-33/h5-6,8-22,31,35-37,39-41H,1-2,7,23-30H2,3-4H3,(H,42,43)/t31-,35+,36+,37+,39-,40+,41+/m0/s1. The van der Waals surface area contributed by atoms with Gasteiger partial charge < -0.3 is 33.7 Å². The van der Waals surface area contributed by atoms with Gasteiger partial charge in [-0.05, 0) is 22.6 Å². The summed E-state index contributed by atoms with van der Waals surface area (Å²) >= 11 is 0. The summed E-state index contributed by atoms with van der Waals surface area (Å²) in [6.07, 6.45) is 1.39. The lowest BCUT2D eigenvalue weighted by atomic mass is 9.92. The average Bonchev–Trinajstić information content (AvgIpc) is 3.13. The lowest BCUT2D eigenvalue weighted by molar-refractivity contribution is -0.271. The van der Waals surface area contributed by atoms with Gasteiger partial charge in [-0.2, -0.15) is 0 Å². The lowest BCUT2D eigenvalue weighted by Gasteiger charge is -2.46. The van der Waals surface area contributed by atoms with Crippen molar-refractivity contribution in [3.63, 3.8) is 0 Å². The molecule has 8 heteroatoms. The molecule has 0 bridgehead atoms. The van der Waals surface area contributed by atoms with Crippen molar-refractivity contribution in [3.8, 4) is 0 Å². The Labute approximate surface area is 292 Å². The molecule has 1 fully saturated rings. The van der Waals surface area contributed by atoms with E-state index in [0.29, 0.717) is 39.6 Å². The Morgan fingerprint density at radius 2 is 1.20 bits per heavy atom. The molecule has 0 unspecified atom stereocenters. The third-order valence-corrected chi connectivity index (χ3v) is 8.70. The fraction of sp³-hybridized carbons (Fsp3) is 0.439. The average molecular weight is 672 g/mol. The zero-order valence-electron chi connectivity index (χ0n) is 29.0. The molecule has 1 aliphatic rings. The Kier molecular flexibility index (Phi) is 16.7. The van der Waals surface area contributed by atoms with Crippen molar-refractivity contribution in [3.05, 3.63) is 133 Å². The molecule has 1 N–H and O–H groups in total. The molecular formula is C41H53NO7. The Hall–Kier alpha value is -3.63. The van der Waals surface area contributed by atoms with Crippen LogP contribution >= 0.6 is 0 Å². The van der Waals surface area contributed by atoms with Crippen molar-refractivity contribution in [2.75, 3.05) is 26.4 Å². The molecule has 3 aromatic rings. The van der Waals surface area contributed by atoms with Gasteiger partial charge in [0.15, 0.2) is 0 Å². The van der Waals surface area contributed by atoms with E-state index in [1.165, 1.54) is 0 Å². The molecule has 49 heavy (non-hydrogen) atoms. The van der Waals surface area contributed by atoms with Gasteiger partial charge in [-0.1, -0.05) is 123 Å². The zero-order chi connectivity index (χ0) is 34.7. The summed E-state index contributed by atoms with van der Waals surface area (Å²) in [6.45, 7) is 14.1. The largest absolute Gasteiger partial charge is 0.375 e. The third kappa shape index (κ3) is 12.6. The van der Waals surface area contributed by atoms with Crippen molar-refractivity contribution < 1.29 is 33.2 Å². The van der Waals surface area contributed by atoms with Gasteiger partial charge in [-0.25, -0.2) is 0 Å². The number of hydrogen-bond donors (Lipinski definition) is 1. The lowest BCUT2D eigenvalue weighted by Crippen LogP contribution is -2.62. The molecule has 7 atom stereocenters. The van der Waals surface area contributed by atoms with Crippen LogP contribution in [0.5, 0.6) is 0 Å². The molecule has 8 nitrogen and oxygen atoms in total. The highest BCUT2D eigenvalue weighted by Gasteiger charge is 2.49. The SMILES string of the molecule is C=CCOC[C@@H](NC(=O)C[C@H]1O[C@H](COCC=C)[C@@H](OCc2ccccc2)[C@H](OCc2ccccc2)[C@H]1OCc1ccccc1)[C@@H](C)CC. The van der Waals surface area contributed by atoms with Crippen molar-refractivity contribution in [1.29, 1.82) is 0 Å². The van der Waals surface area contributed by atoms with Crippen LogP contribution in [0.3, 0.4) is 0 Å². The van der Waals surface area contributed by atoms with Crippen LogP contribution in [0.1, 0.15) is 43.4 Å². The van der Waals surface area contributed by atoms with Crippen LogP contribution in [-0.4, -0.2) is 68.9 Å². The maximum atomic E-state index is 13.8. The summed E-state index contributed by atoms with van der Waals surface area (Å²) < 4.78 is 38.6. The number of carbonyl (C=O) groups is 1. The van der Waals surface area contributed by atoms with Crippen molar-refractivity contribution in [2.24, 2.45) is 5.92 Å². The Morgan fingerprint density at radius 3 is 1.69 bits per heavy atom. The van der Waals surface area contributed by atoms with Gasteiger partial charge in [0.2, 0.25) is 5.91 Å². The van der Waals surface area contributed by atoms with Gasteiger partial charge in [0, 0.05) is 0 Å². The molecular weight excluding hydrogens is 618 g/mol. The first-order valence-electron chi connectivity index (χ1n) is 17.3. The number of rotatable bonds is 22. The maximum Gasteiger partial charge on any atom is 0.223 e. The van der Waals surface area contributed by atoms with E-state index < -0.39 is 30.5 Å². The first-order valence-corrected chi connectivity index (χ1v) is 17.3. The maximum absolute atomic E-state index is 13.8. The summed E-state index contributed by atoms with van der Waals surface area (Å²) in [5.74, 6) is 0.0611. The van der Waals surface area contributed by atoms with Crippen LogP contribution in [0.25, 0.3) is 0 Å². The van der Waals surface area contributed by atoms with Crippen LogP contribution in [-0.2, 0) is 53.0 Å². The Morgan fingerprint density at radius 1 is 0.735 bits per heavy atom. The minimum absolute atomic E-state index is 0.0579. The molecule has 0 aromatic heterocycles. The molecule has 1 heterocycles. The molecule has 1 aliphatic heterocycles. The van der Waals surface area contributed by atoms with E-state index >= 15 is 0 Å². The van der Waals surface area contributed by atoms with Gasteiger partial charge >= 0.3 is 0 Å². The second-order valence-electron chi connectivity index (χ2n) is 12.4. The number of carbonyl (C=O) groups excluding carboxylic acids is 1. The highest BCUT2D eigenvalue weighted by molar-refractivity contribution is 5.77. The van der Waals surface area contributed by atoms with E-state index in [1.54, 1.807) is 12.2 Å². The van der Waals surface area contributed by atoms with Crippen LogP contribution in [0, 0.1) is 5.92 Å². The van der Waals surface area contributed by atoms with Crippen molar-refractivity contribution in [1.82, 2.24) is 5.32 Å². The highest BCUT2D eigenvalue weighted by Crippen LogP contribution is 2.32. The number of ether oxygens (including phenoxy) is 6. The topological polar surface area (TPSA) is 84.5 Å². The van der Waals surface area contributed by atoms with E-state index in [9.17, 15) is 4.79 Å². The normalized spacial score (nSPS) is 21.8. The summed E-state index contributed by atoms with van der Waals surface area (Å²) in [5.41, 5.74) is 3.04. The van der Waals surface area contributed by atoms with Crippen molar-refractivity contribution >= 4 is 5.91 Å². The van der Waals surface area contributed by atoms with E-state index in [2.05, 4.69) is 32.3 Å². The molecule has 0 radical (unpaired) electrons. The summed E-state index contributed by atoms with van der Waals surface area (Å²) in [6, 6.07) is 29.8. The summed E-state index contributed by atoms with van der Waals surface area (Å²) in [7, 11) is 0. The van der Waals surface area contributed by atoms with E-state index in [-0.39, 0.29) is 30.9 Å². The fourth-order valence-electron chi connectivity index (χ4n) is 5.81. The van der Waals surface area contributed by atoms with E-state index in [4.69, 9.17) is 28.4 Å². The first kappa shape index (κ1) is 38.2. The minimum atomic E-state index is -0.648. The van der Waals surface area contributed by atoms with Crippen LogP contribution in [0.2, 0.25) is 0 Å². The van der Waals surface area contributed by atoms with Gasteiger partial charge in [0.05, 0.1) is 64.8 Å². The first-order chi connectivity index (χ1) is 24.0. The monoisotopic (exact) mass is 671 g/mol. The fourth-order valence-corrected chi connectivity index (χ4v) is 5.81. The minimum Gasteiger partial charge on any atom is -0.375 e. The van der Waals surface area contributed by atoms with Gasteiger partial charge in [-0.3, -0.25) is 4.79 Å². The molecule has 3 aromatic carbocycles. The van der Waals surface area contributed by atoms with E-state index in [0.717, 1.165) is 23.1 Å². The molecule has 0 spiro atoms. The predicted molar refractivity (Wildman–Crippen MR) is 192 cm³/mol. The van der Waals surface area contributed by atoms with Crippen LogP contribution in [0.4, 0.5) is 0 Å². The molecule has 1 saturated heterocycles. The highest BCUT2D eigenvalue weighted by atomic mass is 16.6. The van der Waals surface area contributed by atoms with Gasteiger partial charge in [0.1, 0.15) is 24.4 Å². The second-order valence-corrected chi connectivity index (χ2v) is 12.4. The van der Waals surface area contributed by atoms with Gasteiger partial charge in [0.25, 0.3) is 0 Å². The van der Waals surface area contributed by atoms with Gasteiger partial charge in [-0.15, -0.1) is 13.2 Å². The van der Waals surface area contributed by atoms with E-state index in [1.807, 2.05) is 91.0 Å². The smallest absolute Gasteiger partial charge is 0.223 e. The molecule has 0 aliphatic carbocycles. The third-order valence-electron chi connectivity index (χ3n) is 8.70. The molecule has 264 valence electrons. The van der Waals surface area contributed by atoms with Crippen molar-refractivity contribution in [2.45, 2.75) is 83.1 Å². The zero-order valence-corrected chi connectivity index (χ0v) is 29.0. The Bertz CT molecular complexity index is 1360. The number of benzene rings is 3. The summed E-state index contributed by atoms with van der Waals surface area (Å²) in [4.78, 5) is 13.8. The molecule has 4 rings (SSSR count). The summed E-state index contributed by atoms with van der Waals surface area (Å²) in [5, 5.41) is 3.22. The van der Waals surface area contributed by atoms with Crippen LogP contribution < -0.4 is 5.32 Å². The molecule has 0 saturated carbocycles. The molecule has 1 amide bonds.